The normalized spacial score (nSPS) is 11.0. The summed E-state index contributed by atoms with van der Waals surface area (Å²) in [6.45, 7) is 2.73. The van der Waals surface area contributed by atoms with Gasteiger partial charge in [0.05, 0.1) is 6.61 Å². The van der Waals surface area contributed by atoms with Crippen LogP contribution in [0.25, 0.3) is 0 Å². The summed E-state index contributed by atoms with van der Waals surface area (Å²) in [5.74, 6) is 1.43. The number of ether oxygens (including phenoxy) is 1. The molecule has 0 unspecified atom stereocenters. The molecular formula is C18H32N8O. The Morgan fingerprint density at radius 2 is 1.56 bits per heavy atom. The van der Waals surface area contributed by atoms with Gasteiger partial charge < -0.3 is 33.0 Å². The number of nitrogens with zero attached hydrogens (tertiary/aromatic N) is 2. The van der Waals surface area contributed by atoms with Crippen molar-refractivity contribution in [3.05, 3.63) is 29.8 Å². The van der Waals surface area contributed by atoms with Crippen LogP contribution in [0.2, 0.25) is 0 Å². The van der Waals surface area contributed by atoms with Gasteiger partial charge in [0.25, 0.3) is 0 Å². The van der Waals surface area contributed by atoms with Crippen molar-refractivity contribution in [2.45, 2.75) is 32.1 Å². The van der Waals surface area contributed by atoms with E-state index in [1.807, 2.05) is 12.1 Å². The van der Waals surface area contributed by atoms with Crippen molar-refractivity contribution in [2.75, 3.05) is 26.2 Å². The Labute approximate surface area is 160 Å². The molecule has 150 valence electrons. The van der Waals surface area contributed by atoms with E-state index in [-0.39, 0.29) is 11.8 Å². The van der Waals surface area contributed by atoms with Gasteiger partial charge in [-0.25, -0.2) is 0 Å². The SMILES string of the molecule is N=C(N)c1ccc(OCCCCNC(N)=NCCCCCN=C(N)N)cc1. The summed E-state index contributed by atoms with van der Waals surface area (Å²) in [6, 6.07) is 7.18. The zero-order valence-corrected chi connectivity index (χ0v) is 15.8. The number of benzene rings is 1. The van der Waals surface area contributed by atoms with Crippen molar-refractivity contribution >= 4 is 17.8 Å². The van der Waals surface area contributed by atoms with Gasteiger partial charge in [-0.2, -0.15) is 0 Å². The molecule has 9 heteroatoms. The Kier molecular flexibility index (Phi) is 10.8. The van der Waals surface area contributed by atoms with Gasteiger partial charge in [-0.15, -0.1) is 0 Å². The first-order chi connectivity index (χ1) is 13.0. The Morgan fingerprint density at radius 3 is 2.19 bits per heavy atom. The average Bonchev–Trinajstić information content (AvgIpc) is 2.63. The third-order valence-corrected chi connectivity index (χ3v) is 3.70. The van der Waals surface area contributed by atoms with E-state index >= 15 is 0 Å². The predicted molar refractivity (Wildman–Crippen MR) is 111 cm³/mol. The zero-order chi connectivity index (χ0) is 19.9. The average molecular weight is 377 g/mol. The lowest BCUT2D eigenvalue weighted by Crippen LogP contribution is -2.32. The fraction of sp³-hybridized carbons (Fsp3) is 0.500. The number of hydrogen-bond acceptors (Lipinski definition) is 4. The van der Waals surface area contributed by atoms with Crippen molar-refractivity contribution in [3.8, 4) is 5.75 Å². The molecular weight excluding hydrogens is 344 g/mol. The van der Waals surface area contributed by atoms with Crippen molar-refractivity contribution in [1.29, 1.82) is 5.41 Å². The van der Waals surface area contributed by atoms with Crippen molar-refractivity contribution < 1.29 is 4.74 Å². The fourth-order valence-electron chi connectivity index (χ4n) is 2.23. The molecule has 0 aliphatic carbocycles. The number of amidine groups is 1. The fourth-order valence-corrected chi connectivity index (χ4v) is 2.23. The first kappa shape index (κ1) is 22.1. The van der Waals surface area contributed by atoms with Crippen LogP contribution in [0.15, 0.2) is 34.3 Å². The van der Waals surface area contributed by atoms with Crippen LogP contribution in [0.4, 0.5) is 0 Å². The Morgan fingerprint density at radius 1 is 0.889 bits per heavy atom. The van der Waals surface area contributed by atoms with Gasteiger partial charge in [-0.05, 0) is 56.4 Å². The first-order valence-corrected chi connectivity index (χ1v) is 9.15. The molecule has 0 saturated heterocycles. The van der Waals surface area contributed by atoms with Gasteiger partial charge in [-0.3, -0.25) is 15.4 Å². The molecule has 0 atom stereocenters. The summed E-state index contributed by atoms with van der Waals surface area (Å²) in [6.07, 6.45) is 4.74. The smallest absolute Gasteiger partial charge is 0.188 e. The molecule has 0 aromatic heterocycles. The maximum Gasteiger partial charge on any atom is 0.188 e. The maximum absolute atomic E-state index is 7.35. The minimum Gasteiger partial charge on any atom is -0.494 e. The molecule has 0 bridgehead atoms. The molecule has 0 saturated carbocycles. The van der Waals surface area contributed by atoms with Crippen molar-refractivity contribution in [1.82, 2.24) is 5.32 Å². The maximum atomic E-state index is 7.35. The second-order valence-electron chi connectivity index (χ2n) is 6.05. The molecule has 9 nitrogen and oxygen atoms in total. The molecule has 10 N–H and O–H groups in total. The predicted octanol–water partition coefficient (Wildman–Crippen LogP) is 0.478. The number of aliphatic imine (C=N–C) groups is 2. The van der Waals surface area contributed by atoms with Crippen LogP contribution in [0.1, 0.15) is 37.7 Å². The minimum atomic E-state index is 0.0535. The number of nitrogen functional groups attached to an aromatic ring is 1. The lowest BCUT2D eigenvalue weighted by Gasteiger charge is -2.08. The van der Waals surface area contributed by atoms with Gasteiger partial charge >= 0.3 is 0 Å². The lowest BCUT2D eigenvalue weighted by atomic mass is 10.2. The van der Waals surface area contributed by atoms with E-state index < -0.39 is 0 Å². The Bertz CT molecular complexity index is 608. The number of nitrogens with one attached hydrogen (secondary N) is 2. The first-order valence-electron chi connectivity index (χ1n) is 9.15. The highest BCUT2D eigenvalue weighted by Gasteiger charge is 1.98. The molecule has 1 aromatic carbocycles. The summed E-state index contributed by atoms with van der Waals surface area (Å²) < 4.78 is 5.65. The number of unbranched alkanes of at least 4 members (excludes halogenated alkanes) is 3. The number of rotatable bonds is 13. The van der Waals surface area contributed by atoms with Gasteiger partial charge in [0.15, 0.2) is 11.9 Å². The molecule has 0 radical (unpaired) electrons. The lowest BCUT2D eigenvalue weighted by molar-refractivity contribution is 0.307. The van der Waals surface area contributed by atoms with Crippen LogP contribution in [-0.2, 0) is 0 Å². The summed E-state index contributed by atoms with van der Waals surface area (Å²) in [4.78, 5) is 8.21. The van der Waals surface area contributed by atoms with Crippen LogP contribution in [0.5, 0.6) is 5.75 Å². The summed E-state index contributed by atoms with van der Waals surface area (Å²) in [7, 11) is 0. The molecule has 27 heavy (non-hydrogen) atoms. The Hall–Kier alpha value is -2.97. The third kappa shape index (κ3) is 11.3. The zero-order valence-electron chi connectivity index (χ0n) is 15.8. The standard InChI is InChI=1S/C18H32N8O/c19-16(20)14-6-8-15(9-7-14)27-13-5-4-12-26-18(23)25-11-3-1-2-10-24-17(21)22/h6-9H,1-5,10-13H2,(H3,19,20)(H4,21,22,24)(H3,23,25,26). The summed E-state index contributed by atoms with van der Waals surface area (Å²) in [5.41, 5.74) is 22.4. The molecule has 0 fully saturated rings. The highest BCUT2D eigenvalue weighted by atomic mass is 16.5. The van der Waals surface area contributed by atoms with Crippen LogP contribution in [0, 0.1) is 5.41 Å². The molecule has 1 rings (SSSR count). The molecule has 0 aliphatic rings. The molecule has 0 aliphatic heterocycles. The Balaban J connectivity index is 2.02. The van der Waals surface area contributed by atoms with E-state index in [0.717, 1.165) is 44.4 Å². The second kappa shape index (κ2) is 13.3. The summed E-state index contributed by atoms with van der Waals surface area (Å²) >= 11 is 0. The molecule has 1 aromatic rings. The van der Waals surface area contributed by atoms with E-state index in [0.29, 0.717) is 31.2 Å². The summed E-state index contributed by atoms with van der Waals surface area (Å²) in [5, 5.41) is 10.4. The van der Waals surface area contributed by atoms with Crippen molar-refractivity contribution in [2.24, 2.45) is 32.9 Å². The van der Waals surface area contributed by atoms with Gasteiger partial charge in [-0.1, -0.05) is 0 Å². The van der Waals surface area contributed by atoms with Crippen LogP contribution >= 0.6 is 0 Å². The highest BCUT2D eigenvalue weighted by molar-refractivity contribution is 5.94. The molecule has 0 spiro atoms. The third-order valence-electron chi connectivity index (χ3n) is 3.70. The number of nitrogens with two attached hydrogens (primary N) is 4. The number of hydrogen-bond donors (Lipinski definition) is 6. The molecule has 0 heterocycles. The largest absolute Gasteiger partial charge is 0.494 e. The van der Waals surface area contributed by atoms with Crippen LogP contribution in [0.3, 0.4) is 0 Å². The van der Waals surface area contributed by atoms with E-state index in [9.17, 15) is 0 Å². The van der Waals surface area contributed by atoms with Gasteiger partial charge in [0.1, 0.15) is 11.6 Å². The van der Waals surface area contributed by atoms with E-state index in [1.54, 1.807) is 12.1 Å². The van der Waals surface area contributed by atoms with Gasteiger partial charge in [0, 0.05) is 25.2 Å². The monoisotopic (exact) mass is 376 g/mol. The van der Waals surface area contributed by atoms with Crippen LogP contribution < -0.4 is 33.0 Å². The van der Waals surface area contributed by atoms with E-state index in [4.69, 9.17) is 33.1 Å². The highest BCUT2D eigenvalue weighted by Crippen LogP contribution is 2.12. The van der Waals surface area contributed by atoms with E-state index in [2.05, 4.69) is 15.3 Å². The number of guanidine groups is 2. The van der Waals surface area contributed by atoms with Crippen molar-refractivity contribution in [3.63, 3.8) is 0 Å². The van der Waals surface area contributed by atoms with Gasteiger partial charge in [0.2, 0.25) is 0 Å². The quantitative estimate of drug-likeness (QED) is 0.166. The minimum absolute atomic E-state index is 0.0535. The molecule has 0 amide bonds. The second-order valence-corrected chi connectivity index (χ2v) is 6.05. The van der Waals surface area contributed by atoms with Crippen LogP contribution in [-0.4, -0.2) is 44.0 Å². The van der Waals surface area contributed by atoms with E-state index in [1.165, 1.54) is 0 Å². The topological polar surface area (TPSA) is 174 Å².